The summed E-state index contributed by atoms with van der Waals surface area (Å²) in [6.45, 7) is 6.47. The highest BCUT2D eigenvalue weighted by atomic mass is 32.2. The molecular weight excluding hydrogens is 420 g/mol. The third-order valence-corrected chi connectivity index (χ3v) is 8.60. The quantitative estimate of drug-likeness (QED) is 0.631. The molecule has 1 aliphatic rings. The number of aryl methyl sites for hydroxylation is 2. The standard InChI is InChI=1S/C21H26N4O3S2/c1-15-4-9-19(21-20(15)16(2)14-22-21)23-29(26)17-5-7-18(8-6-17)30(27,28)25-12-10-24(3)11-13-25/h4-9,14,22-23H,10-13H2,1-3H3. The Morgan fingerprint density at radius 3 is 2.30 bits per heavy atom. The summed E-state index contributed by atoms with van der Waals surface area (Å²) in [4.78, 5) is 6.09. The molecule has 0 amide bonds. The van der Waals surface area contributed by atoms with Crippen molar-refractivity contribution in [1.82, 2.24) is 14.2 Å². The van der Waals surface area contributed by atoms with Gasteiger partial charge in [-0.1, -0.05) is 6.07 Å². The van der Waals surface area contributed by atoms with Crippen LogP contribution in [0.3, 0.4) is 0 Å². The Hall–Kier alpha value is -2.20. The highest BCUT2D eigenvalue weighted by molar-refractivity contribution is 7.89. The van der Waals surface area contributed by atoms with Gasteiger partial charge in [0.25, 0.3) is 0 Å². The molecule has 1 unspecified atom stereocenters. The molecule has 9 heteroatoms. The minimum absolute atomic E-state index is 0.227. The lowest BCUT2D eigenvalue weighted by Gasteiger charge is -2.31. The molecule has 4 rings (SSSR count). The number of aromatic nitrogens is 1. The zero-order valence-corrected chi connectivity index (χ0v) is 18.9. The Morgan fingerprint density at radius 2 is 1.63 bits per heavy atom. The van der Waals surface area contributed by atoms with Crippen molar-refractivity contribution >= 4 is 37.6 Å². The van der Waals surface area contributed by atoms with Crippen LogP contribution in [0.1, 0.15) is 11.1 Å². The van der Waals surface area contributed by atoms with Gasteiger partial charge in [-0.25, -0.2) is 12.6 Å². The number of nitrogens with zero attached hydrogens (tertiary/aromatic N) is 2. The van der Waals surface area contributed by atoms with Gasteiger partial charge in [-0.05, 0) is 62.4 Å². The minimum Gasteiger partial charge on any atom is -0.359 e. The van der Waals surface area contributed by atoms with Gasteiger partial charge >= 0.3 is 0 Å². The summed E-state index contributed by atoms with van der Waals surface area (Å²) >= 11 is 0. The Labute approximate surface area is 179 Å². The van der Waals surface area contributed by atoms with Crippen molar-refractivity contribution in [1.29, 1.82) is 0 Å². The predicted molar refractivity (Wildman–Crippen MR) is 121 cm³/mol. The number of aromatic amines is 1. The van der Waals surface area contributed by atoms with E-state index < -0.39 is 21.0 Å². The molecule has 160 valence electrons. The summed E-state index contributed by atoms with van der Waals surface area (Å²) in [5.41, 5.74) is 3.94. The molecule has 0 radical (unpaired) electrons. The van der Waals surface area contributed by atoms with Gasteiger partial charge < -0.3 is 9.88 Å². The average molecular weight is 447 g/mol. The average Bonchev–Trinajstić information content (AvgIpc) is 3.13. The topological polar surface area (TPSA) is 85.5 Å². The van der Waals surface area contributed by atoms with E-state index in [9.17, 15) is 12.6 Å². The van der Waals surface area contributed by atoms with E-state index >= 15 is 0 Å². The highest BCUT2D eigenvalue weighted by Crippen LogP contribution is 2.29. The molecule has 1 saturated heterocycles. The van der Waals surface area contributed by atoms with E-state index in [2.05, 4.69) is 14.6 Å². The van der Waals surface area contributed by atoms with E-state index in [1.165, 1.54) is 16.4 Å². The molecule has 0 spiro atoms. The summed E-state index contributed by atoms with van der Waals surface area (Å²) in [6, 6.07) is 10.2. The first-order valence-electron chi connectivity index (χ1n) is 9.82. The summed E-state index contributed by atoms with van der Waals surface area (Å²) in [7, 11) is -3.07. The van der Waals surface area contributed by atoms with Crippen LogP contribution in [0.25, 0.3) is 10.9 Å². The second-order valence-electron chi connectivity index (χ2n) is 7.70. The Kier molecular flexibility index (Phi) is 5.71. The smallest absolute Gasteiger partial charge is 0.243 e. The normalized spacial score (nSPS) is 17.3. The van der Waals surface area contributed by atoms with E-state index in [4.69, 9.17) is 0 Å². The maximum absolute atomic E-state index is 12.9. The highest BCUT2D eigenvalue weighted by Gasteiger charge is 2.27. The summed E-state index contributed by atoms with van der Waals surface area (Å²) in [5.74, 6) is 0. The SMILES string of the molecule is Cc1ccc(NS(=O)c2ccc(S(=O)(=O)N3CCN(C)CC3)cc2)c2[nH]cc(C)c12. The van der Waals surface area contributed by atoms with Gasteiger partial charge in [0.15, 0.2) is 0 Å². The van der Waals surface area contributed by atoms with Crippen LogP contribution in [0.5, 0.6) is 0 Å². The van der Waals surface area contributed by atoms with Gasteiger partial charge in [-0.15, -0.1) is 0 Å². The number of H-pyrrole nitrogens is 1. The number of sulfonamides is 1. The predicted octanol–water partition coefficient (Wildman–Crippen LogP) is 2.86. The molecule has 1 fully saturated rings. The van der Waals surface area contributed by atoms with E-state index in [-0.39, 0.29) is 4.90 Å². The molecule has 30 heavy (non-hydrogen) atoms. The van der Waals surface area contributed by atoms with Crippen LogP contribution in [0.4, 0.5) is 5.69 Å². The van der Waals surface area contributed by atoms with Gasteiger partial charge in [0.1, 0.15) is 11.0 Å². The number of hydrogen-bond donors (Lipinski definition) is 2. The first-order valence-corrected chi connectivity index (χ1v) is 12.4. The first-order chi connectivity index (χ1) is 14.3. The Balaban J connectivity index is 1.53. The summed E-state index contributed by atoms with van der Waals surface area (Å²) in [5, 5.41) is 1.12. The molecular formula is C21H26N4O3S2. The maximum atomic E-state index is 12.9. The fraction of sp³-hybridized carbons (Fsp3) is 0.333. The Bertz CT molecular complexity index is 1190. The molecule has 7 nitrogen and oxygen atoms in total. The summed E-state index contributed by atoms with van der Waals surface area (Å²) in [6.07, 6.45) is 1.93. The third kappa shape index (κ3) is 3.90. The number of anilines is 1. The molecule has 0 aliphatic carbocycles. The zero-order valence-electron chi connectivity index (χ0n) is 17.3. The van der Waals surface area contributed by atoms with Crippen molar-refractivity contribution in [2.24, 2.45) is 0 Å². The largest absolute Gasteiger partial charge is 0.359 e. The molecule has 2 N–H and O–H groups in total. The van der Waals surface area contributed by atoms with Gasteiger partial charge in [0, 0.05) is 37.8 Å². The number of fused-ring (bicyclic) bond motifs is 1. The maximum Gasteiger partial charge on any atom is 0.243 e. The summed E-state index contributed by atoms with van der Waals surface area (Å²) < 4.78 is 43.1. The molecule has 0 bridgehead atoms. The van der Waals surface area contributed by atoms with Crippen molar-refractivity contribution < 1.29 is 12.6 Å². The molecule has 1 aromatic heterocycles. The van der Waals surface area contributed by atoms with E-state index in [1.807, 2.05) is 39.2 Å². The lowest BCUT2D eigenvalue weighted by Crippen LogP contribution is -2.46. The van der Waals surface area contributed by atoms with Crippen LogP contribution in [0.15, 0.2) is 52.4 Å². The second-order valence-corrected chi connectivity index (χ2v) is 10.9. The van der Waals surface area contributed by atoms with E-state index in [1.54, 1.807) is 12.1 Å². The second kappa shape index (κ2) is 8.14. The number of piperazine rings is 1. The van der Waals surface area contributed by atoms with Crippen molar-refractivity contribution in [3.63, 3.8) is 0 Å². The number of hydrogen-bond acceptors (Lipinski definition) is 4. The van der Waals surface area contributed by atoms with Crippen molar-refractivity contribution in [2.45, 2.75) is 23.6 Å². The monoisotopic (exact) mass is 446 g/mol. The fourth-order valence-electron chi connectivity index (χ4n) is 3.77. The number of likely N-dealkylation sites (N-methyl/N-ethyl adjacent to an activating group) is 1. The number of benzene rings is 2. The molecule has 2 heterocycles. The lowest BCUT2D eigenvalue weighted by atomic mass is 10.1. The zero-order chi connectivity index (χ0) is 21.5. The van der Waals surface area contributed by atoms with Crippen LogP contribution in [0.2, 0.25) is 0 Å². The van der Waals surface area contributed by atoms with Crippen LogP contribution >= 0.6 is 0 Å². The van der Waals surface area contributed by atoms with E-state index in [0.717, 1.165) is 27.7 Å². The van der Waals surface area contributed by atoms with Gasteiger partial charge in [-0.2, -0.15) is 4.31 Å². The third-order valence-electron chi connectivity index (χ3n) is 5.58. The lowest BCUT2D eigenvalue weighted by molar-refractivity contribution is 0.222. The van der Waals surface area contributed by atoms with Gasteiger partial charge in [0.05, 0.1) is 21.0 Å². The molecule has 2 aromatic carbocycles. The Morgan fingerprint density at radius 1 is 0.967 bits per heavy atom. The van der Waals surface area contributed by atoms with Crippen LogP contribution in [-0.2, 0) is 21.0 Å². The molecule has 1 atom stereocenters. The molecule has 0 saturated carbocycles. The number of nitrogens with one attached hydrogen (secondary N) is 2. The van der Waals surface area contributed by atoms with Crippen molar-refractivity contribution in [3.05, 3.63) is 53.7 Å². The van der Waals surface area contributed by atoms with Crippen LogP contribution < -0.4 is 4.72 Å². The fourth-order valence-corrected chi connectivity index (χ4v) is 6.07. The molecule has 3 aromatic rings. The van der Waals surface area contributed by atoms with Crippen LogP contribution in [0, 0.1) is 13.8 Å². The van der Waals surface area contributed by atoms with Gasteiger partial charge in [-0.3, -0.25) is 4.72 Å². The first kappa shape index (κ1) is 21.0. The molecule has 1 aliphatic heterocycles. The van der Waals surface area contributed by atoms with Gasteiger partial charge in [0.2, 0.25) is 10.0 Å². The van der Waals surface area contributed by atoms with Crippen molar-refractivity contribution in [2.75, 3.05) is 37.9 Å². The van der Waals surface area contributed by atoms with Crippen LogP contribution in [-0.4, -0.2) is 60.0 Å². The minimum atomic E-state index is -3.54. The van der Waals surface area contributed by atoms with E-state index in [0.29, 0.717) is 31.1 Å². The number of rotatable bonds is 5. The van der Waals surface area contributed by atoms with Crippen molar-refractivity contribution in [3.8, 4) is 0 Å².